The van der Waals surface area contributed by atoms with Crippen molar-refractivity contribution in [2.75, 3.05) is 33.0 Å². The Balaban J connectivity index is 1.78. The second kappa shape index (κ2) is 5.25. The maximum atomic E-state index is 5.97. The van der Waals surface area contributed by atoms with Crippen LogP contribution >= 0.6 is 0 Å². The highest BCUT2D eigenvalue weighted by Gasteiger charge is 2.33. The molecule has 0 spiro atoms. The first-order valence-corrected chi connectivity index (χ1v) is 5.88. The summed E-state index contributed by atoms with van der Waals surface area (Å²) < 4.78 is 16.8. The van der Waals surface area contributed by atoms with Gasteiger partial charge in [-0.15, -0.1) is 0 Å². The summed E-state index contributed by atoms with van der Waals surface area (Å²) in [5.74, 6) is 0. The lowest BCUT2D eigenvalue weighted by Crippen LogP contribution is -2.46. The smallest absolute Gasteiger partial charge is 0.0849 e. The Labute approximate surface area is 91.1 Å². The summed E-state index contributed by atoms with van der Waals surface area (Å²) in [4.78, 5) is 0. The summed E-state index contributed by atoms with van der Waals surface area (Å²) in [6.07, 6.45) is 4.40. The lowest BCUT2D eigenvalue weighted by molar-refractivity contribution is -0.126. The van der Waals surface area contributed by atoms with Gasteiger partial charge in [0.1, 0.15) is 0 Å². The summed E-state index contributed by atoms with van der Waals surface area (Å²) in [6.45, 7) is 3.69. The molecule has 2 N–H and O–H groups in total. The molecule has 0 aliphatic carbocycles. The van der Waals surface area contributed by atoms with Crippen molar-refractivity contribution in [1.29, 1.82) is 0 Å². The first-order valence-electron chi connectivity index (χ1n) is 5.88. The third-order valence-electron chi connectivity index (χ3n) is 3.38. The van der Waals surface area contributed by atoms with Gasteiger partial charge in [0.05, 0.1) is 18.3 Å². The van der Waals surface area contributed by atoms with E-state index in [2.05, 4.69) is 0 Å². The molecule has 1 atom stereocenters. The highest BCUT2D eigenvalue weighted by Crippen LogP contribution is 2.25. The Morgan fingerprint density at radius 1 is 1.27 bits per heavy atom. The summed E-state index contributed by atoms with van der Waals surface area (Å²) in [5.41, 5.74) is 5.65. The molecular formula is C11H21NO3. The van der Waals surface area contributed by atoms with E-state index in [-0.39, 0.29) is 11.7 Å². The Kier molecular flexibility index (Phi) is 3.97. The number of hydrogen-bond acceptors (Lipinski definition) is 4. The van der Waals surface area contributed by atoms with Crippen LogP contribution in [0.2, 0.25) is 0 Å². The lowest BCUT2D eigenvalue weighted by Gasteiger charge is -2.36. The Hall–Kier alpha value is -0.160. The Morgan fingerprint density at radius 3 is 2.67 bits per heavy atom. The second-order valence-electron chi connectivity index (χ2n) is 4.45. The zero-order valence-corrected chi connectivity index (χ0v) is 9.24. The van der Waals surface area contributed by atoms with Crippen molar-refractivity contribution in [1.82, 2.24) is 0 Å². The van der Waals surface area contributed by atoms with Crippen molar-refractivity contribution >= 4 is 0 Å². The van der Waals surface area contributed by atoms with Crippen LogP contribution in [0, 0.1) is 0 Å². The quantitative estimate of drug-likeness (QED) is 0.749. The minimum absolute atomic E-state index is 0.149. The largest absolute Gasteiger partial charge is 0.381 e. The lowest BCUT2D eigenvalue weighted by atomic mass is 9.94. The van der Waals surface area contributed by atoms with E-state index in [4.69, 9.17) is 19.9 Å². The van der Waals surface area contributed by atoms with Crippen LogP contribution in [0.5, 0.6) is 0 Å². The molecule has 0 radical (unpaired) electrons. The van der Waals surface area contributed by atoms with Crippen LogP contribution in [0.25, 0.3) is 0 Å². The van der Waals surface area contributed by atoms with Crippen molar-refractivity contribution in [2.45, 2.75) is 37.4 Å². The van der Waals surface area contributed by atoms with E-state index in [1.165, 1.54) is 0 Å². The summed E-state index contributed by atoms with van der Waals surface area (Å²) in [5, 5.41) is 0. The SMILES string of the molecule is NCC1(OCC2CCCO2)CCOCC1. The molecule has 0 amide bonds. The highest BCUT2D eigenvalue weighted by atomic mass is 16.6. The maximum absolute atomic E-state index is 5.97. The molecule has 0 aromatic carbocycles. The zero-order chi connectivity index (χ0) is 10.6. The van der Waals surface area contributed by atoms with Gasteiger partial charge in [-0.3, -0.25) is 0 Å². The van der Waals surface area contributed by atoms with Gasteiger partial charge in [0, 0.05) is 39.2 Å². The third kappa shape index (κ3) is 2.91. The van der Waals surface area contributed by atoms with Gasteiger partial charge in [-0.2, -0.15) is 0 Å². The third-order valence-corrected chi connectivity index (χ3v) is 3.38. The van der Waals surface area contributed by atoms with Gasteiger partial charge in [0.2, 0.25) is 0 Å². The van der Waals surface area contributed by atoms with E-state index in [0.29, 0.717) is 13.2 Å². The fourth-order valence-corrected chi connectivity index (χ4v) is 2.20. The fourth-order valence-electron chi connectivity index (χ4n) is 2.20. The molecule has 1 unspecified atom stereocenters. The fraction of sp³-hybridized carbons (Fsp3) is 1.00. The van der Waals surface area contributed by atoms with E-state index in [1.54, 1.807) is 0 Å². The van der Waals surface area contributed by atoms with Gasteiger partial charge >= 0.3 is 0 Å². The van der Waals surface area contributed by atoms with Crippen LogP contribution in [-0.4, -0.2) is 44.7 Å². The molecule has 0 bridgehead atoms. The average molecular weight is 215 g/mol. The predicted molar refractivity (Wildman–Crippen MR) is 56.8 cm³/mol. The van der Waals surface area contributed by atoms with E-state index in [9.17, 15) is 0 Å². The van der Waals surface area contributed by atoms with Crippen molar-refractivity contribution in [3.05, 3.63) is 0 Å². The molecule has 4 nitrogen and oxygen atoms in total. The number of rotatable bonds is 4. The van der Waals surface area contributed by atoms with Crippen molar-refractivity contribution in [2.24, 2.45) is 5.73 Å². The monoisotopic (exact) mass is 215 g/mol. The molecule has 2 rings (SSSR count). The van der Waals surface area contributed by atoms with Crippen LogP contribution < -0.4 is 5.73 Å². The topological polar surface area (TPSA) is 53.7 Å². The minimum atomic E-state index is -0.149. The number of hydrogen-bond donors (Lipinski definition) is 1. The molecule has 0 aromatic rings. The highest BCUT2D eigenvalue weighted by molar-refractivity contribution is 4.85. The Bertz CT molecular complexity index is 186. The summed E-state index contributed by atoms with van der Waals surface area (Å²) in [6, 6.07) is 0. The van der Waals surface area contributed by atoms with Gasteiger partial charge in [-0.1, -0.05) is 0 Å². The normalized spacial score (nSPS) is 30.6. The molecular weight excluding hydrogens is 194 g/mol. The van der Waals surface area contributed by atoms with Crippen molar-refractivity contribution in [3.8, 4) is 0 Å². The van der Waals surface area contributed by atoms with Crippen LogP contribution in [0.4, 0.5) is 0 Å². The molecule has 2 heterocycles. The average Bonchev–Trinajstić information content (AvgIpc) is 2.81. The molecule has 2 saturated heterocycles. The first kappa shape index (κ1) is 11.3. The molecule has 15 heavy (non-hydrogen) atoms. The van der Waals surface area contributed by atoms with Crippen molar-refractivity contribution < 1.29 is 14.2 Å². The standard InChI is InChI=1S/C11H21NO3/c12-9-11(3-6-13-7-4-11)15-8-10-2-1-5-14-10/h10H,1-9,12H2. The van der Waals surface area contributed by atoms with Crippen LogP contribution in [-0.2, 0) is 14.2 Å². The van der Waals surface area contributed by atoms with E-state index >= 15 is 0 Å². The van der Waals surface area contributed by atoms with Crippen LogP contribution in [0.15, 0.2) is 0 Å². The van der Waals surface area contributed by atoms with Crippen LogP contribution in [0.3, 0.4) is 0 Å². The van der Waals surface area contributed by atoms with Gasteiger partial charge in [0.25, 0.3) is 0 Å². The molecule has 0 aromatic heterocycles. The van der Waals surface area contributed by atoms with Crippen LogP contribution in [0.1, 0.15) is 25.7 Å². The number of ether oxygens (including phenoxy) is 3. The van der Waals surface area contributed by atoms with E-state index < -0.39 is 0 Å². The van der Waals surface area contributed by atoms with Crippen molar-refractivity contribution in [3.63, 3.8) is 0 Å². The minimum Gasteiger partial charge on any atom is -0.381 e. The molecule has 4 heteroatoms. The molecule has 2 aliphatic rings. The molecule has 88 valence electrons. The Morgan fingerprint density at radius 2 is 2.07 bits per heavy atom. The van der Waals surface area contributed by atoms with E-state index in [0.717, 1.165) is 45.5 Å². The molecule has 2 aliphatic heterocycles. The molecule has 0 saturated carbocycles. The van der Waals surface area contributed by atoms with Gasteiger partial charge in [0.15, 0.2) is 0 Å². The molecule has 2 fully saturated rings. The van der Waals surface area contributed by atoms with Gasteiger partial charge in [-0.05, 0) is 12.8 Å². The maximum Gasteiger partial charge on any atom is 0.0849 e. The summed E-state index contributed by atoms with van der Waals surface area (Å²) in [7, 11) is 0. The second-order valence-corrected chi connectivity index (χ2v) is 4.45. The summed E-state index contributed by atoms with van der Waals surface area (Å²) >= 11 is 0. The number of nitrogens with two attached hydrogens (primary N) is 1. The zero-order valence-electron chi connectivity index (χ0n) is 9.24. The first-order chi connectivity index (χ1) is 7.35. The predicted octanol–water partition coefficient (Wildman–Crippen LogP) is 0.690. The van der Waals surface area contributed by atoms with E-state index in [1.807, 2.05) is 0 Å². The van der Waals surface area contributed by atoms with Gasteiger partial charge < -0.3 is 19.9 Å². The van der Waals surface area contributed by atoms with Gasteiger partial charge in [-0.25, -0.2) is 0 Å².